The number of ether oxygens (including phenoxy) is 4. The van der Waals surface area contributed by atoms with Gasteiger partial charge in [-0.25, -0.2) is 4.79 Å². The van der Waals surface area contributed by atoms with Crippen LogP contribution in [-0.2, 0) is 9.53 Å². The van der Waals surface area contributed by atoms with Crippen LogP contribution in [0.25, 0.3) is 0 Å². The van der Waals surface area contributed by atoms with Crippen LogP contribution < -0.4 is 19.5 Å². The quantitative estimate of drug-likeness (QED) is 0.537. The average molecular weight is 399 g/mol. The third kappa shape index (κ3) is 5.04. The number of nitrogens with one attached hydrogen (secondary N) is 1. The highest BCUT2D eigenvalue weighted by molar-refractivity contribution is 6.05. The van der Waals surface area contributed by atoms with E-state index >= 15 is 0 Å². The second-order valence-corrected chi connectivity index (χ2v) is 6.30. The van der Waals surface area contributed by atoms with Gasteiger partial charge in [-0.2, -0.15) is 0 Å². The summed E-state index contributed by atoms with van der Waals surface area (Å²) >= 11 is 0. The number of rotatable bonds is 8. The van der Waals surface area contributed by atoms with Crippen molar-refractivity contribution in [1.29, 1.82) is 0 Å². The molecule has 0 radical (unpaired) electrons. The number of carbonyl (C=O) groups excluding carboxylic acids is 3. The third-order valence-electron chi connectivity index (χ3n) is 4.06. The van der Waals surface area contributed by atoms with Crippen molar-refractivity contribution in [2.75, 3.05) is 25.3 Å². The summed E-state index contributed by atoms with van der Waals surface area (Å²) in [5.74, 6) is 0.0441. The van der Waals surface area contributed by atoms with Crippen LogP contribution in [0.3, 0.4) is 0 Å². The summed E-state index contributed by atoms with van der Waals surface area (Å²) in [6.45, 7) is 3.51. The van der Waals surface area contributed by atoms with Crippen LogP contribution in [0.2, 0.25) is 0 Å². The lowest BCUT2D eigenvalue weighted by Crippen LogP contribution is -2.22. The van der Waals surface area contributed by atoms with Gasteiger partial charge in [-0.15, -0.1) is 0 Å². The van der Waals surface area contributed by atoms with Crippen LogP contribution in [0.1, 0.15) is 41.0 Å². The maximum absolute atomic E-state index is 12.2. The molecule has 0 saturated heterocycles. The van der Waals surface area contributed by atoms with Gasteiger partial charge in [0.2, 0.25) is 6.79 Å². The Morgan fingerprint density at radius 3 is 2.41 bits per heavy atom. The maximum atomic E-state index is 12.2. The molecule has 0 unspecified atom stereocenters. The first-order chi connectivity index (χ1) is 14.0. The molecule has 8 nitrogen and oxygen atoms in total. The SMILES string of the molecule is CCCOc1ccc(C(=O)OCC(=O)Nc2cc3c(cc2C(C)=O)OCO3)cc1. The number of ketones is 1. The highest BCUT2D eigenvalue weighted by Crippen LogP contribution is 2.37. The van der Waals surface area contributed by atoms with Gasteiger partial charge in [0.1, 0.15) is 5.75 Å². The van der Waals surface area contributed by atoms with Crippen LogP contribution in [0.15, 0.2) is 36.4 Å². The first kappa shape index (κ1) is 20.2. The summed E-state index contributed by atoms with van der Waals surface area (Å²) in [4.78, 5) is 36.2. The summed E-state index contributed by atoms with van der Waals surface area (Å²) < 4.78 is 21.0. The van der Waals surface area contributed by atoms with Crippen molar-refractivity contribution < 1.29 is 33.3 Å². The molecule has 2 aromatic carbocycles. The molecule has 2 aromatic rings. The normalized spacial score (nSPS) is 11.7. The molecule has 0 spiro atoms. The molecule has 0 atom stereocenters. The summed E-state index contributed by atoms with van der Waals surface area (Å²) in [7, 11) is 0. The molecule has 152 valence electrons. The lowest BCUT2D eigenvalue weighted by atomic mass is 10.1. The molecule has 0 fully saturated rings. The van der Waals surface area contributed by atoms with Gasteiger partial charge in [0, 0.05) is 11.6 Å². The zero-order valence-electron chi connectivity index (χ0n) is 16.2. The van der Waals surface area contributed by atoms with E-state index in [9.17, 15) is 14.4 Å². The zero-order valence-corrected chi connectivity index (χ0v) is 16.2. The molecule has 0 aromatic heterocycles. The second-order valence-electron chi connectivity index (χ2n) is 6.30. The fourth-order valence-electron chi connectivity index (χ4n) is 2.64. The van der Waals surface area contributed by atoms with E-state index in [-0.39, 0.29) is 23.8 Å². The van der Waals surface area contributed by atoms with Crippen molar-refractivity contribution in [1.82, 2.24) is 0 Å². The predicted molar refractivity (Wildman–Crippen MR) is 104 cm³/mol. The van der Waals surface area contributed by atoms with Crippen molar-refractivity contribution in [3.63, 3.8) is 0 Å². The van der Waals surface area contributed by atoms with Crippen molar-refractivity contribution in [2.24, 2.45) is 0 Å². The number of hydrogen-bond donors (Lipinski definition) is 1. The van der Waals surface area contributed by atoms with Crippen molar-refractivity contribution in [2.45, 2.75) is 20.3 Å². The van der Waals surface area contributed by atoms with E-state index < -0.39 is 18.5 Å². The summed E-state index contributed by atoms with van der Waals surface area (Å²) in [6, 6.07) is 9.48. The summed E-state index contributed by atoms with van der Waals surface area (Å²) in [6.07, 6.45) is 0.883. The predicted octanol–water partition coefficient (Wildman–Crippen LogP) is 3.20. The Labute approximate surface area is 167 Å². The number of amides is 1. The van der Waals surface area contributed by atoms with Crippen LogP contribution in [0, 0.1) is 0 Å². The number of hydrogen-bond acceptors (Lipinski definition) is 7. The van der Waals surface area contributed by atoms with Crippen molar-refractivity contribution >= 4 is 23.3 Å². The number of Topliss-reactive ketones (excluding diaryl/α,β-unsaturated/α-hetero) is 1. The largest absolute Gasteiger partial charge is 0.494 e. The minimum atomic E-state index is -0.639. The van der Waals surface area contributed by atoms with Crippen LogP contribution in [0.4, 0.5) is 5.69 Å². The molecule has 29 heavy (non-hydrogen) atoms. The van der Waals surface area contributed by atoms with Gasteiger partial charge in [0.05, 0.1) is 17.9 Å². The fourth-order valence-corrected chi connectivity index (χ4v) is 2.64. The van der Waals surface area contributed by atoms with E-state index in [4.69, 9.17) is 18.9 Å². The number of benzene rings is 2. The zero-order chi connectivity index (χ0) is 20.8. The Bertz CT molecular complexity index is 921. The van der Waals surface area contributed by atoms with E-state index in [2.05, 4.69) is 5.32 Å². The van der Waals surface area contributed by atoms with Gasteiger partial charge in [-0.05, 0) is 43.7 Å². The van der Waals surface area contributed by atoms with E-state index in [0.29, 0.717) is 29.4 Å². The first-order valence-corrected chi connectivity index (χ1v) is 9.12. The van der Waals surface area contributed by atoms with E-state index in [1.807, 2.05) is 6.92 Å². The van der Waals surface area contributed by atoms with Crippen molar-refractivity contribution in [3.8, 4) is 17.2 Å². The fraction of sp³-hybridized carbons (Fsp3) is 0.286. The Hall–Kier alpha value is -3.55. The lowest BCUT2D eigenvalue weighted by Gasteiger charge is -2.11. The molecular formula is C21H21NO7. The molecule has 1 heterocycles. The Morgan fingerprint density at radius 1 is 1.07 bits per heavy atom. The Morgan fingerprint density at radius 2 is 1.76 bits per heavy atom. The molecule has 1 aliphatic rings. The molecule has 8 heteroatoms. The Balaban J connectivity index is 1.59. The molecule has 0 saturated carbocycles. The summed E-state index contributed by atoms with van der Waals surface area (Å²) in [5, 5.41) is 2.57. The molecule has 1 N–H and O–H groups in total. The minimum absolute atomic E-state index is 0.0456. The highest BCUT2D eigenvalue weighted by atomic mass is 16.7. The molecule has 0 bridgehead atoms. The summed E-state index contributed by atoms with van der Waals surface area (Å²) in [5.41, 5.74) is 0.839. The standard InChI is InChI=1S/C21H21NO7/c1-3-8-26-15-6-4-14(5-7-15)21(25)27-11-20(24)22-17-10-19-18(28-12-29-19)9-16(17)13(2)23/h4-7,9-10H,3,8,11-12H2,1-2H3,(H,22,24). The van der Waals surface area contributed by atoms with E-state index in [0.717, 1.165) is 6.42 Å². The molecule has 1 aliphatic heterocycles. The van der Waals surface area contributed by atoms with Gasteiger partial charge in [0.15, 0.2) is 23.9 Å². The number of fused-ring (bicyclic) bond motifs is 1. The lowest BCUT2D eigenvalue weighted by molar-refractivity contribution is -0.119. The minimum Gasteiger partial charge on any atom is -0.494 e. The molecule has 3 rings (SSSR count). The second kappa shape index (κ2) is 9.09. The third-order valence-corrected chi connectivity index (χ3v) is 4.06. The van der Waals surface area contributed by atoms with Gasteiger partial charge in [-0.3, -0.25) is 9.59 Å². The molecular weight excluding hydrogens is 378 g/mol. The van der Waals surface area contributed by atoms with E-state index in [1.54, 1.807) is 24.3 Å². The molecule has 1 amide bonds. The maximum Gasteiger partial charge on any atom is 0.338 e. The van der Waals surface area contributed by atoms with Gasteiger partial charge < -0.3 is 24.3 Å². The van der Waals surface area contributed by atoms with Gasteiger partial charge in [-0.1, -0.05) is 6.92 Å². The van der Waals surface area contributed by atoms with Crippen molar-refractivity contribution in [3.05, 3.63) is 47.5 Å². The van der Waals surface area contributed by atoms with Crippen LogP contribution in [-0.4, -0.2) is 37.7 Å². The van der Waals surface area contributed by atoms with E-state index in [1.165, 1.54) is 19.1 Å². The number of carbonyl (C=O) groups is 3. The first-order valence-electron chi connectivity index (χ1n) is 9.12. The smallest absolute Gasteiger partial charge is 0.338 e. The highest BCUT2D eigenvalue weighted by Gasteiger charge is 2.21. The number of anilines is 1. The average Bonchev–Trinajstić information content (AvgIpc) is 3.17. The Kier molecular flexibility index (Phi) is 6.33. The number of esters is 1. The van der Waals surface area contributed by atoms with Crippen LogP contribution >= 0.6 is 0 Å². The topological polar surface area (TPSA) is 100 Å². The van der Waals surface area contributed by atoms with Crippen LogP contribution in [0.5, 0.6) is 17.2 Å². The van der Waals surface area contributed by atoms with Gasteiger partial charge >= 0.3 is 5.97 Å². The monoisotopic (exact) mass is 399 g/mol. The molecule has 0 aliphatic carbocycles. The van der Waals surface area contributed by atoms with Gasteiger partial charge in [0.25, 0.3) is 5.91 Å².